The Balaban J connectivity index is 2.41. The fourth-order valence-electron chi connectivity index (χ4n) is 1.30. The average molecular weight is 192 g/mol. The van der Waals surface area contributed by atoms with Crippen molar-refractivity contribution < 1.29 is 12.9 Å². The molecule has 0 radical (unpaired) electrons. The number of halogens is 3. The van der Waals surface area contributed by atoms with Gasteiger partial charge in [0.15, 0.2) is 0 Å². The minimum atomic E-state index is -4.85. The highest BCUT2D eigenvalue weighted by Crippen LogP contribution is 2.29. The minimum Gasteiger partial charge on any atom is -0.445 e. The summed E-state index contributed by atoms with van der Waals surface area (Å²) in [6.07, 6.45) is 2.07. The van der Waals surface area contributed by atoms with Gasteiger partial charge in [0, 0.05) is 6.04 Å². The zero-order valence-electron chi connectivity index (χ0n) is 7.77. The van der Waals surface area contributed by atoms with Gasteiger partial charge < -0.3 is 12.9 Å². The number of rotatable bonds is 5. The van der Waals surface area contributed by atoms with Crippen LogP contribution in [0.2, 0.25) is 0 Å². The molecule has 76 valence electrons. The summed E-state index contributed by atoms with van der Waals surface area (Å²) in [4.78, 5) is 1.84. The average Bonchev–Trinajstić information content (AvgIpc) is 2.80. The molecule has 0 aromatic heterocycles. The largest absolute Gasteiger partial charge is 0.506 e. The van der Waals surface area contributed by atoms with E-state index < -0.39 is 12.4 Å². The van der Waals surface area contributed by atoms with E-state index in [9.17, 15) is 12.9 Å². The van der Waals surface area contributed by atoms with Gasteiger partial charge in [-0.3, -0.25) is 4.90 Å². The second kappa shape index (κ2) is 3.74. The fourth-order valence-corrected chi connectivity index (χ4v) is 1.30. The van der Waals surface area contributed by atoms with E-state index in [4.69, 9.17) is 0 Å². The Morgan fingerprint density at radius 1 is 1.46 bits per heavy atom. The zero-order chi connectivity index (χ0) is 10.1. The highest BCUT2D eigenvalue weighted by Gasteiger charge is 2.32. The highest BCUT2D eigenvalue weighted by atomic mass is 19.4. The fraction of sp³-hybridized carbons (Fsp3) is 0.750. The van der Waals surface area contributed by atoms with Crippen molar-refractivity contribution in [3.63, 3.8) is 0 Å². The topological polar surface area (TPSA) is 3.24 Å². The molecule has 5 heteroatoms. The molecule has 0 spiro atoms. The molecule has 1 aliphatic carbocycles. The Labute approximate surface area is 76.7 Å². The first-order valence-electron chi connectivity index (χ1n) is 4.56. The lowest BCUT2D eigenvalue weighted by atomic mass is 9.80. The molecule has 0 bridgehead atoms. The van der Waals surface area contributed by atoms with Crippen LogP contribution in [-0.2, 0) is 0 Å². The standard InChI is InChI=1S/C8H14BF3N/c1-3-13(8-4-5-8)6-7(2)9(10,11)12/h8H,2-6H2,1H3/q-1. The molecule has 1 nitrogen and oxygen atoms in total. The highest BCUT2D eigenvalue weighted by molar-refractivity contribution is 6.66. The molecule has 0 atom stereocenters. The van der Waals surface area contributed by atoms with Crippen molar-refractivity contribution >= 4 is 6.98 Å². The van der Waals surface area contributed by atoms with E-state index in [2.05, 4.69) is 6.58 Å². The summed E-state index contributed by atoms with van der Waals surface area (Å²) in [5, 5.41) is 0. The molecule has 13 heavy (non-hydrogen) atoms. The number of hydrogen-bond donors (Lipinski definition) is 0. The SMILES string of the molecule is C=C(CN(CC)C1CC1)[B-](F)(F)F. The maximum absolute atomic E-state index is 12.2. The summed E-state index contributed by atoms with van der Waals surface area (Å²) >= 11 is 0. The van der Waals surface area contributed by atoms with E-state index in [1.807, 2.05) is 11.8 Å². The van der Waals surface area contributed by atoms with E-state index in [0.717, 1.165) is 12.8 Å². The van der Waals surface area contributed by atoms with Crippen molar-refractivity contribution in [2.24, 2.45) is 0 Å². The van der Waals surface area contributed by atoms with Gasteiger partial charge in [0.2, 0.25) is 0 Å². The van der Waals surface area contributed by atoms with Crippen molar-refractivity contribution in [3.05, 3.63) is 12.1 Å². The predicted octanol–water partition coefficient (Wildman–Crippen LogP) is 2.41. The molecule has 0 aromatic carbocycles. The third kappa shape index (κ3) is 3.06. The molecule has 0 N–H and O–H groups in total. The lowest BCUT2D eigenvalue weighted by Crippen LogP contribution is -2.34. The van der Waals surface area contributed by atoms with Gasteiger partial charge in [0.25, 0.3) is 0 Å². The van der Waals surface area contributed by atoms with Crippen LogP contribution in [0, 0.1) is 0 Å². The summed E-state index contributed by atoms with van der Waals surface area (Å²) in [7, 11) is 0. The molecule has 0 aromatic rings. The zero-order valence-corrected chi connectivity index (χ0v) is 7.77. The molecule has 1 aliphatic rings. The van der Waals surface area contributed by atoms with Gasteiger partial charge in [-0.25, -0.2) is 0 Å². The van der Waals surface area contributed by atoms with Gasteiger partial charge in [-0.05, 0) is 25.9 Å². The van der Waals surface area contributed by atoms with Crippen LogP contribution in [0.4, 0.5) is 12.9 Å². The number of nitrogens with zero attached hydrogens (tertiary/aromatic N) is 1. The van der Waals surface area contributed by atoms with Crippen molar-refractivity contribution in [3.8, 4) is 0 Å². The summed E-state index contributed by atoms with van der Waals surface area (Å²) in [6.45, 7) is 0.790. The Morgan fingerprint density at radius 2 is 2.00 bits per heavy atom. The first-order valence-corrected chi connectivity index (χ1v) is 4.56. The number of hydrogen-bond acceptors (Lipinski definition) is 1. The van der Waals surface area contributed by atoms with E-state index in [-0.39, 0.29) is 6.54 Å². The molecule has 0 saturated heterocycles. The molecule has 1 saturated carbocycles. The van der Waals surface area contributed by atoms with Crippen LogP contribution < -0.4 is 0 Å². The lowest BCUT2D eigenvalue weighted by Gasteiger charge is -2.26. The Kier molecular flexibility index (Phi) is 3.06. The van der Waals surface area contributed by atoms with Crippen molar-refractivity contribution in [1.82, 2.24) is 4.90 Å². The smallest absolute Gasteiger partial charge is 0.445 e. The van der Waals surface area contributed by atoms with Crippen LogP contribution >= 0.6 is 0 Å². The van der Waals surface area contributed by atoms with Gasteiger partial charge in [-0.15, -0.1) is 12.1 Å². The predicted molar refractivity (Wildman–Crippen MR) is 48.5 cm³/mol. The van der Waals surface area contributed by atoms with Gasteiger partial charge in [-0.1, -0.05) is 6.92 Å². The Bertz CT molecular complexity index is 198. The number of likely N-dealkylation sites (N-methyl/N-ethyl adjacent to an activating group) is 1. The molecular weight excluding hydrogens is 178 g/mol. The summed E-state index contributed by atoms with van der Waals surface area (Å²) in [5.41, 5.74) is -0.575. The first kappa shape index (κ1) is 10.6. The normalized spacial score (nSPS) is 17.9. The van der Waals surface area contributed by atoms with Crippen molar-refractivity contribution in [1.29, 1.82) is 0 Å². The van der Waals surface area contributed by atoms with Gasteiger partial charge in [-0.2, -0.15) is 0 Å². The molecular formula is C8H14BF3N-. The second-order valence-electron chi connectivity index (χ2n) is 3.53. The van der Waals surface area contributed by atoms with Crippen LogP contribution in [0.15, 0.2) is 12.1 Å². The van der Waals surface area contributed by atoms with Crippen molar-refractivity contribution in [2.45, 2.75) is 25.8 Å². The Hall–Kier alpha value is -0.445. The summed E-state index contributed by atoms with van der Waals surface area (Å²) in [6, 6.07) is 0.375. The van der Waals surface area contributed by atoms with Crippen molar-refractivity contribution in [2.75, 3.05) is 13.1 Å². The Morgan fingerprint density at radius 3 is 2.31 bits per heavy atom. The molecule has 1 fully saturated rings. The molecule has 0 aliphatic heterocycles. The first-order chi connectivity index (χ1) is 5.95. The molecule has 0 unspecified atom stereocenters. The van der Waals surface area contributed by atoms with Crippen LogP contribution in [0.3, 0.4) is 0 Å². The van der Waals surface area contributed by atoms with E-state index in [1.54, 1.807) is 0 Å². The lowest BCUT2D eigenvalue weighted by molar-refractivity contribution is 0.300. The third-order valence-electron chi connectivity index (χ3n) is 2.34. The van der Waals surface area contributed by atoms with Gasteiger partial charge in [0.1, 0.15) is 0 Å². The summed E-state index contributed by atoms with van der Waals surface area (Å²) in [5.74, 6) is 0. The van der Waals surface area contributed by atoms with E-state index in [1.165, 1.54) is 0 Å². The summed E-state index contributed by atoms with van der Waals surface area (Å²) < 4.78 is 36.5. The second-order valence-corrected chi connectivity index (χ2v) is 3.53. The monoisotopic (exact) mass is 192 g/mol. The van der Waals surface area contributed by atoms with E-state index in [0.29, 0.717) is 12.6 Å². The van der Waals surface area contributed by atoms with Crippen LogP contribution in [0.5, 0.6) is 0 Å². The third-order valence-corrected chi connectivity index (χ3v) is 2.34. The molecule has 0 amide bonds. The molecule has 1 rings (SSSR count). The minimum absolute atomic E-state index is 0.00926. The van der Waals surface area contributed by atoms with Gasteiger partial charge in [0.05, 0.1) is 0 Å². The van der Waals surface area contributed by atoms with Crippen LogP contribution in [0.1, 0.15) is 19.8 Å². The molecule has 0 heterocycles. The maximum Gasteiger partial charge on any atom is 0.506 e. The quantitative estimate of drug-likeness (QED) is 0.604. The van der Waals surface area contributed by atoms with Crippen LogP contribution in [0.25, 0.3) is 0 Å². The van der Waals surface area contributed by atoms with Crippen LogP contribution in [-0.4, -0.2) is 31.0 Å². The van der Waals surface area contributed by atoms with E-state index >= 15 is 0 Å². The maximum atomic E-state index is 12.2. The van der Waals surface area contributed by atoms with Gasteiger partial charge >= 0.3 is 6.98 Å².